The molecule has 9 heteroatoms. The molecule has 1 fully saturated rings. The first kappa shape index (κ1) is 19.6. The Morgan fingerprint density at radius 3 is 2.81 bits per heavy atom. The summed E-state index contributed by atoms with van der Waals surface area (Å²) in [4.78, 5) is 11.3. The zero-order chi connectivity index (χ0) is 21.8. The number of anilines is 1. The molecular weight excluding hydrogens is 397 g/mol. The van der Waals surface area contributed by atoms with Gasteiger partial charge in [-0.25, -0.2) is 13.9 Å². The van der Waals surface area contributed by atoms with Gasteiger partial charge in [-0.3, -0.25) is 4.98 Å². The van der Waals surface area contributed by atoms with Crippen LogP contribution in [0.5, 0.6) is 0 Å². The molecule has 0 spiro atoms. The Bertz CT molecular complexity index is 1260. The van der Waals surface area contributed by atoms with Crippen molar-refractivity contribution in [3.8, 4) is 11.5 Å². The Balaban J connectivity index is 1.55. The third-order valence-corrected chi connectivity index (χ3v) is 5.65. The number of aryl methyl sites for hydroxylation is 1. The molecule has 0 aliphatic carbocycles. The Labute approximate surface area is 179 Å². The van der Waals surface area contributed by atoms with Crippen molar-refractivity contribution in [3.63, 3.8) is 0 Å². The van der Waals surface area contributed by atoms with Crippen LogP contribution in [0.3, 0.4) is 0 Å². The summed E-state index contributed by atoms with van der Waals surface area (Å²) >= 11 is 0. The Hall–Kier alpha value is -3.36. The Morgan fingerprint density at radius 2 is 2.03 bits per heavy atom. The van der Waals surface area contributed by atoms with Crippen LogP contribution in [0.15, 0.2) is 35.1 Å². The molecule has 0 amide bonds. The summed E-state index contributed by atoms with van der Waals surface area (Å²) in [5.74, 6) is 1.44. The van der Waals surface area contributed by atoms with E-state index in [4.69, 9.17) is 9.40 Å². The molecular formula is C22H24FN7O. The topological polar surface area (TPSA) is 85.2 Å². The standard InChI is InChI=1S/C22H24FN7O/c1-13-15(10-14(23)11-24-13)17-6-5-8-29(17)18-7-9-30-19(26-18)16(12-25-30)20-27-28-21(31-20)22(2,3)4/h7,9-12,17H,5-6,8H2,1-4H3. The number of halogens is 1. The van der Waals surface area contributed by atoms with Gasteiger partial charge in [0, 0.05) is 23.9 Å². The van der Waals surface area contributed by atoms with E-state index < -0.39 is 0 Å². The first-order valence-electron chi connectivity index (χ1n) is 10.4. The Kier molecular flexibility index (Phi) is 4.49. The number of rotatable bonds is 3. The lowest BCUT2D eigenvalue weighted by Crippen LogP contribution is -2.24. The van der Waals surface area contributed by atoms with Crippen molar-refractivity contribution in [2.45, 2.75) is 52.0 Å². The molecule has 8 nitrogen and oxygen atoms in total. The van der Waals surface area contributed by atoms with Gasteiger partial charge in [0.1, 0.15) is 17.2 Å². The van der Waals surface area contributed by atoms with E-state index in [1.165, 1.54) is 6.20 Å². The van der Waals surface area contributed by atoms with E-state index >= 15 is 0 Å². The molecule has 4 aromatic rings. The lowest BCUT2D eigenvalue weighted by molar-refractivity contribution is 0.399. The number of pyridine rings is 1. The normalized spacial score (nSPS) is 17.1. The number of hydrogen-bond acceptors (Lipinski definition) is 7. The second-order valence-electron chi connectivity index (χ2n) is 8.95. The molecule has 0 saturated carbocycles. The summed E-state index contributed by atoms with van der Waals surface area (Å²) in [6.45, 7) is 8.82. The van der Waals surface area contributed by atoms with Crippen molar-refractivity contribution in [1.82, 2.24) is 29.8 Å². The number of nitrogens with zero attached hydrogens (tertiary/aromatic N) is 7. The fraction of sp³-hybridized carbons (Fsp3) is 0.409. The molecule has 5 heterocycles. The number of fused-ring (bicyclic) bond motifs is 1. The highest BCUT2D eigenvalue weighted by molar-refractivity contribution is 5.72. The van der Waals surface area contributed by atoms with Gasteiger partial charge in [-0.1, -0.05) is 20.8 Å². The van der Waals surface area contributed by atoms with Crippen molar-refractivity contribution >= 4 is 11.5 Å². The molecule has 1 saturated heterocycles. The van der Waals surface area contributed by atoms with E-state index in [1.807, 2.05) is 40.0 Å². The van der Waals surface area contributed by atoms with Gasteiger partial charge in [-0.15, -0.1) is 10.2 Å². The van der Waals surface area contributed by atoms with Gasteiger partial charge in [-0.05, 0) is 37.5 Å². The second kappa shape index (κ2) is 7.11. The van der Waals surface area contributed by atoms with Crippen LogP contribution in [0, 0.1) is 12.7 Å². The largest absolute Gasteiger partial charge is 0.420 e. The van der Waals surface area contributed by atoms with Crippen LogP contribution in [-0.4, -0.2) is 36.3 Å². The summed E-state index contributed by atoms with van der Waals surface area (Å²) < 4.78 is 21.5. The molecule has 0 radical (unpaired) electrons. The van der Waals surface area contributed by atoms with E-state index in [1.54, 1.807) is 16.8 Å². The first-order chi connectivity index (χ1) is 14.8. The van der Waals surface area contributed by atoms with Crippen LogP contribution in [0.1, 0.15) is 56.8 Å². The minimum absolute atomic E-state index is 0.0282. The smallest absolute Gasteiger partial charge is 0.253 e. The first-order valence-corrected chi connectivity index (χ1v) is 10.4. The average molecular weight is 421 g/mol. The third-order valence-electron chi connectivity index (χ3n) is 5.65. The summed E-state index contributed by atoms with van der Waals surface area (Å²) in [7, 11) is 0. The third kappa shape index (κ3) is 3.43. The molecule has 1 unspecified atom stereocenters. The fourth-order valence-electron chi connectivity index (χ4n) is 4.03. The molecule has 1 aliphatic rings. The zero-order valence-electron chi connectivity index (χ0n) is 18.0. The number of hydrogen-bond donors (Lipinski definition) is 0. The Morgan fingerprint density at radius 1 is 1.19 bits per heavy atom. The minimum Gasteiger partial charge on any atom is -0.420 e. The van der Waals surface area contributed by atoms with Crippen molar-refractivity contribution in [3.05, 3.63) is 53.7 Å². The summed E-state index contributed by atoms with van der Waals surface area (Å²) in [5, 5.41) is 12.8. The van der Waals surface area contributed by atoms with Gasteiger partial charge < -0.3 is 9.32 Å². The quantitative estimate of drug-likeness (QED) is 0.488. The molecule has 31 heavy (non-hydrogen) atoms. The minimum atomic E-state index is -0.319. The van der Waals surface area contributed by atoms with Crippen molar-refractivity contribution in [2.24, 2.45) is 0 Å². The highest BCUT2D eigenvalue weighted by atomic mass is 19.1. The fourth-order valence-corrected chi connectivity index (χ4v) is 4.03. The molecule has 5 rings (SSSR count). The molecule has 1 atom stereocenters. The molecule has 4 aromatic heterocycles. The molecule has 0 aromatic carbocycles. The van der Waals surface area contributed by atoms with Crippen LogP contribution in [0.2, 0.25) is 0 Å². The highest BCUT2D eigenvalue weighted by Gasteiger charge is 2.30. The van der Waals surface area contributed by atoms with Crippen LogP contribution in [0.25, 0.3) is 17.1 Å². The monoisotopic (exact) mass is 421 g/mol. The summed E-state index contributed by atoms with van der Waals surface area (Å²) in [6, 6.07) is 3.54. The van der Waals surface area contributed by atoms with Gasteiger partial charge in [0.2, 0.25) is 5.89 Å². The highest BCUT2D eigenvalue weighted by Crippen LogP contribution is 2.37. The van der Waals surface area contributed by atoms with E-state index in [9.17, 15) is 4.39 Å². The van der Waals surface area contributed by atoms with Crippen LogP contribution in [0.4, 0.5) is 10.2 Å². The van der Waals surface area contributed by atoms with E-state index in [2.05, 4.69) is 25.2 Å². The van der Waals surface area contributed by atoms with Gasteiger partial charge >= 0.3 is 0 Å². The van der Waals surface area contributed by atoms with Crippen molar-refractivity contribution in [2.75, 3.05) is 11.4 Å². The van der Waals surface area contributed by atoms with Gasteiger partial charge in [0.05, 0.1) is 18.4 Å². The van der Waals surface area contributed by atoms with Gasteiger partial charge in [0.15, 0.2) is 5.65 Å². The van der Waals surface area contributed by atoms with Crippen molar-refractivity contribution < 1.29 is 8.81 Å². The molecule has 1 aliphatic heterocycles. The predicted octanol–water partition coefficient (Wildman–Crippen LogP) is 4.26. The maximum Gasteiger partial charge on any atom is 0.253 e. The maximum atomic E-state index is 13.9. The van der Waals surface area contributed by atoms with E-state index in [-0.39, 0.29) is 17.3 Å². The maximum absolute atomic E-state index is 13.9. The van der Waals surface area contributed by atoms with E-state index in [0.717, 1.165) is 36.5 Å². The predicted molar refractivity (Wildman–Crippen MR) is 113 cm³/mol. The van der Waals surface area contributed by atoms with Crippen LogP contribution < -0.4 is 4.90 Å². The second-order valence-corrected chi connectivity index (χ2v) is 8.95. The SMILES string of the molecule is Cc1ncc(F)cc1C1CCCN1c1ccn2ncc(-c3nnc(C(C)(C)C)o3)c2n1. The molecule has 0 bridgehead atoms. The molecule has 0 N–H and O–H groups in total. The van der Waals surface area contributed by atoms with Gasteiger partial charge in [-0.2, -0.15) is 5.10 Å². The van der Waals surface area contributed by atoms with Crippen LogP contribution in [-0.2, 0) is 5.41 Å². The lowest BCUT2D eigenvalue weighted by atomic mass is 9.97. The average Bonchev–Trinajstić information content (AvgIpc) is 3.47. The van der Waals surface area contributed by atoms with Crippen LogP contribution >= 0.6 is 0 Å². The van der Waals surface area contributed by atoms with E-state index in [0.29, 0.717) is 23.0 Å². The lowest BCUT2D eigenvalue weighted by Gasteiger charge is -2.27. The molecule has 160 valence electrons. The summed E-state index contributed by atoms with van der Waals surface area (Å²) in [5.41, 5.74) is 2.82. The van der Waals surface area contributed by atoms with Crippen molar-refractivity contribution in [1.29, 1.82) is 0 Å². The number of aromatic nitrogens is 6. The summed E-state index contributed by atoms with van der Waals surface area (Å²) in [6.07, 6.45) is 6.74. The zero-order valence-corrected chi connectivity index (χ0v) is 18.0. The van der Waals surface area contributed by atoms with Gasteiger partial charge in [0.25, 0.3) is 5.89 Å².